The monoisotopic (exact) mass is 413 g/mol. The Morgan fingerprint density at radius 1 is 1.10 bits per heavy atom. The first-order valence-electron chi connectivity index (χ1n) is 9.91. The molecule has 2 fully saturated rings. The zero-order valence-corrected chi connectivity index (χ0v) is 16.4. The van der Waals surface area contributed by atoms with E-state index in [9.17, 15) is 8.78 Å². The van der Waals surface area contributed by atoms with Crippen molar-refractivity contribution in [2.24, 2.45) is 0 Å². The van der Waals surface area contributed by atoms with Crippen LogP contribution >= 0.6 is 0 Å². The molecule has 0 bridgehead atoms. The first-order valence-corrected chi connectivity index (χ1v) is 9.91. The second-order valence-electron chi connectivity index (χ2n) is 7.61. The van der Waals surface area contributed by atoms with Crippen molar-refractivity contribution in [3.63, 3.8) is 0 Å². The lowest BCUT2D eigenvalue weighted by atomic mass is 9.98. The van der Waals surface area contributed by atoms with Crippen molar-refractivity contribution in [1.82, 2.24) is 15.0 Å². The highest BCUT2D eigenvalue weighted by atomic mass is 19.2. The molecule has 0 amide bonds. The minimum absolute atomic E-state index is 0.105. The van der Waals surface area contributed by atoms with Gasteiger partial charge >= 0.3 is 0 Å². The molecule has 0 N–H and O–H groups in total. The van der Waals surface area contributed by atoms with Crippen LogP contribution in [-0.2, 0) is 14.2 Å². The van der Waals surface area contributed by atoms with E-state index >= 15 is 0 Å². The molecule has 5 rings (SSSR count). The summed E-state index contributed by atoms with van der Waals surface area (Å²) in [6.07, 6.45) is 1.49. The standard InChI is InChI=1S/C22H21F2N3O3/c1-13-9-15(10-16(23)20(13)24)17-11-27(26-25-17)18-7-8-28-19-12-29-22(30-21(18)19)14-5-3-2-4-6-14/h2-6,9-11,18-19,21-22H,7-8,12H2,1H3. The van der Waals surface area contributed by atoms with Crippen LogP contribution < -0.4 is 0 Å². The number of aromatic nitrogens is 3. The van der Waals surface area contributed by atoms with E-state index in [0.29, 0.717) is 30.9 Å². The second kappa shape index (κ2) is 7.86. The fraction of sp³-hybridized carbons (Fsp3) is 0.364. The van der Waals surface area contributed by atoms with Gasteiger partial charge in [0, 0.05) is 17.7 Å². The quantitative estimate of drug-likeness (QED) is 0.650. The summed E-state index contributed by atoms with van der Waals surface area (Å²) in [6.45, 7) is 2.49. The van der Waals surface area contributed by atoms with Crippen LogP contribution in [0.5, 0.6) is 0 Å². The van der Waals surface area contributed by atoms with Crippen molar-refractivity contribution >= 4 is 0 Å². The third kappa shape index (κ3) is 3.51. The van der Waals surface area contributed by atoms with Crippen molar-refractivity contribution in [3.05, 3.63) is 71.4 Å². The van der Waals surface area contributed by atoms with Crippen molar-refractivity contribution in [3.8, 4) is 11.3 Å². The van der Waals surface area contributed by atoms with Crippen molar-refractivity contribution < 1.29 is 23.0 Å². The van der Waals surface area contributed by atoms with Crippen LogP contribution in [0.4, 0.5) is 8.78 Å². The number of rotatable bonds is 3. The molecule has 0 radical (unpaired) electrons. The van der Waals surface area contributed by atoms with Gasteiger partial charge in [0.05, 0.1) is 18.8 Å². The Balaban J connectivity index is 1.41. The van der Waals surface area contributed by atoms with Gasteiger partial charge in [-0.3, -0.25) is 0 Å². The Morgan fingerprint density at radius 3 is 2.73 bits per heavy atom. The summed E-state index contributed by atoms with van der Waals surface area (Å²) in [4.78, 5) is 0. The zero-order chi connectivity index (χ0) is 20.7. The summed E-state index contributed by atoms with van der Waals surface area (Å²) in [5, 5.41) is 8.45. The molecule has 30 heavy (non-hydrogen) atoms. The Morgan fingerprint density at radius 2 is 1.93 bits per heavy atom. The highest BCUT2D eigenvalue weighted by Gasteiger charge is 2.42. The molecular weight excluding hydrogens is 392 g/mol. The summed E-state index contributed by atoms with van der Waals surface area (Å²) in [6, 6.07) is 12.3. The first kappa shape index (κ1) is 19.3. The average molecular weight is 413 g/mol. The van der Waals surface area contributed by atoms with Crippen molar-refractivity contribution in [1.29, 1.82) is 0 Å². The fourth-order valence-electron chi connectivity index (χ4n) is 4.05. The van der Waals surface area contributed by atoms with Crippen LogP contribution in [0.25, 0.3) is 11.3 Å². The summed E-state index contributed by atoms with van der Waals surface area (Å²) < 4.78 is 47.2. The van der Waals surface area contributed by atoms with E-state index in [4.69, 9.17) is 14.2 Å². The third-order valence-corrected chi connectivity index (χ3v) is 5.61. The molecule has 3 heterocycles. The molecule has 4 unspecified atom stereocenters. The number of hydrogen-bond acceptors (Lipinski definition) is 5. The lowest BCUT2D eigenvalue weighted by Gasteiger charge is -2.43. The van der Waals surface area contributed by atoms with Crippen molar-refractivity contribution in [2.75, 3.05) is 13.2 Å². The molecule has 2 aromatic carbocycles. The lowest BCUT2D eigenvalue weighted by molar-refractivity contribution is -0.289. The Labute approximate surface area is 172 Å². The third-order valence-electron chi connectivity index (χ3n) is 5.61. The number of hydrogen-bond donors (Lipinski definition) is 0. The maximum atomic E-state index is 13.8. The number of halogens is 2. The van der Waals surface area contributed by atoms with Gasteiger partial charge in [-0.1, -0.05) is 35.5 Å². The van der Waals surface area contributed by atoms with Gasteiger partial charge in [0.1, 0.15) is 17.9 Å². The molecule has 0 spiro atoms. The SMILES string of the molecule is Cc1cc(-c2cn(C3CCOC4COC(c5ccccc5)OC43)nn2)cc(F)c1F. The summed E-state index contributed by atoms with van der Waals surface area (Å²) in [5.74, 6) is -1.75. The summed E-state index contributed by atoms with van der Waals surface area (Å²) >= 11 is 0. The average Bonchev–Trinajstić information content (AvgIpc) is 3.27. The number of aryl methyl sites for hydroxylation is 1. The smallest absolute Gasteiger partial charge is 0.184 e. The molecule has 0 saturated carbocycles. The van der Waals surface area contributed by atoms with Crippen LogP contribution in [0.2, 0.25) is 0 Å². The Kier molecular flexibility index (Phi) is 5.06. The molecule has 2 aliphatic heterocycles. The second-order valence-corrected chi connectivity index (χ2v) is 7.61. The minimum Gasteiger partial charge on any atom is -0.373 e. The number of benzene rings is 2. The molecule has 6 nitrogen and oxygen atoms in total. The van der Waals surface area contributed by atoms with Gasteiger partial charge in [-0.05, 0) is 31.0 Å². The minimum atomic E-state index is -0.899. The molecular formula is C22H21F2N3O3. The highest BCUT2D eigenvalue weighted by Crippen LogP contribution is 2.37. The maximum absolute atomic E-state index is 13.8. The van der Waals surface area contributed by atoms with Gasteiger partial charge in [-0.25, -0.2) is 13.5 Å². The van der Waals surface area contributed by atoms with Crippen LogP contribution in [0.15, 0.2) is 48.7 Å². The Hall–Kier alpha value is -2.68. The molecule has 156 valence electrons. The molecule has 2 aliphatic rings. The van der Waals surface area contributed by atoms with Gasteiger partial charge in [0.2, 0.25) is 0 Å². The van der Waals surface area contributed by atoms with Crippen LogP contribution in [0.1, 0.15) is 29.9 Å². The number of fused-ring (bicyclic) bond motifs is 1. The van der Waals surface area contributed by atoms with E-state index in [1.54, 1.807) is 16.9 Å². The van der Waals surface area contributed by atoms with Crippen LogP contribution in [0.3, 0.4) is 0 Å². The Bertz CT molecular complexity index is 1020. The normalized spacial score (nSPS) is 26.4. The molecule has 2 saturated heterocycles. The van der Waals surface area contributed by atoms with Gasteiger partial charge in [0.15, 0.2) is 17.9 Å². The van der Waals surface area contributed by atoms with E-state index in [2.05, 4.69) is 10.3 Å². The molecule has 4 atom stereocenters. The van der Waals surface area contributed by atoms with Gasteiger partial charge < -0.3 is 14.2 Å². The molecule has 8 heteroatoms. The van der Waals surface area contributed by atoms with Gasteiger partial charge in [-0.2, -0.15) is 0 Å². The van der Waals surface area contributed by atoms with E-state index in [1.807, 2.05) is 30.3 Å². The van der Waals surface area contributed by atoms with Crippen LogP contribution in [0, 0.1) is 18.6 Å². The largest absolute Gasteiger partial charge is 0.373 e. The van der Waals surface area contributed by atoms with E-state index < -0.39 is 17.9 Å². The predicted octanol–water partition coefficient (Wildman–Crippen LogP) is 3.98. The molecule has 1 aromatic heterocycles. The van der Waals surface area contributed by atoms with E-state index in [1.165, 1.54) is 6.92 Å². The predicted molar refractivity (Wildman–Crippen MR) is 104 cm³/mol. The topological polar surface area (TPSA) is 58.4 Å². The lowest BCUT2D eigenvalue weighted by Crippen LogP contribution is -2.50. The summed E-state index contributed by atoms with van der Waals surface area (Å²) in [7, 11) is 0. The van der Waals surface area contributed by atoms with E-state index in [-0.39, 0.29) is 23.8 Å². The van der Waals surface area contributed by atoms with Gasteiger partial charge in [-0.15, -0.1) is 5.10 Å². The maximum Gasteiger partial charge on any atom is 0.184 e. The molecule has 3 aromatic rings. The highest BCUT2D eigenvalue weighted by molar-refractivity contribution is 5.59. The molecule has 0 aliphatic carbocycles. The van der Waals surface area contributed by atoms with Gasteiger partial charge in [0.25, 0.3) is 0 Å². The number of nitrogens with zero attached hydrogens (tertiary/aromatic N) is 3. The fourth-order valence-corrected chi connectivity index (χ4v) is 4.05. The number of ether oxygens (including phenoxy) is 3. The van der Waals surface area contributed by atoms with Crippen molar-refractivity contribution in [2.45, 2.75) is 37.9 Å². The zero-order valence-electron chi connectivity index (χ0n) is 16.4. The van der Waals surface area contributed by atoms with Crippen LogP contribution in [-0.4, -0.2) is 40.4 Å². The first-order chi connectivity index (χ1) is 14.6. The van der Waals surface area contributed by atoms with E-state index in [0.717, 1.165) is 11.6 Å². The summed E-state index contributed by atoms with van der Waals surface area (Å²) in [5.41, 5.74) is 2.13.